The fourth-order valence-corrected chi connectivity index (χ4v) is 3.16. The third-order valence-electron chi connectivity index (χ3n) is 5.79. The van der Waals surface area contributed by atoms with E-state index in [0.29, 0.717) is 23.0 Å². The summed E-state index contributed by atoms with van der Waals surface area (Å²) in [5, 5.41) is 26.4. The van der Waals surface area contributed by atoms with Crippen LogP contribution in [-0.4, -0.2) is 50.9 Å². The molecule has 1 amide bonds. The van der Waals surface area contributed by atoms with Crippen molar-refractivity contribution < 1.29 is 32.9 Å². The first kappa shape index (κ1) is 29.6. The highest BCUT2D eigenvalue weighted by Gasteiger charge is 2.35. The van der Waals surface area contributed by atoms with E-state index in [4.69, 9.17) is 9.84 Å². The molecule has 0 spiro atoms. The van der Waals surface area contributed by atoms with Crippen LogP contribution in [0, 0.1) is 13.8 Å². The molecular formula is C26H31F3N6O4. The lowest BCUT2D eigenvalue weighted by Gasteiger charge is -2.18. The number of aliphatic hydroxyl groups excluding tert-OH is 2. The van der Waals surface area contributed by atoms with Gasteiger partial charge in [0.15, 0.2) is 6.10 Å². The highest BCUT2D eigenvalue weighted by Crippen LogP contribution is 2.37. The Bertz CT molecular complexity index is 1280. The molecule has 2 aromatic heterocycles. The normalized spacial score (nSPS) is 13.3. The zero-order valence-corrected chi connectivity index (χ0v) is 21.8. The van der Waals surface area contributed by atoms with Gasteiger partial charge in [0.05, 0.1) is 30.8 Å². The van der Waals surface area contributed by atoms with Crippen molar-refractivity contribution in [3.05, 3.63) is 53.3 Å². The maximum atomic E-state index is 13.7. The van der Waals surface area contributed by atoms with Crippen molar-refractivity contribution in [3.63, 3.8) is 0 Å². The zero-order valence-electron chi connectivity index (χ0n) is 21.8. The van der Waals surface area contributed by atoms with Crippen LogP contribution in [0.5, 0.6) is 5.88 Å². The van der Waals surface area contributed by atoms with Gasteiger partial charge in [-0.25, -0.2) is 9.97 Å². The number of nitrogens with zero attached hydrogens (tertiary/aromatic N) is 3. The second-order valence-electron chi connectivity index (χ2n) is 8.90. The van der Waals surface area contributed by atoms with E-state index in [0.717, 1.165) is 0 Å². The van der Waals surface area contributed by atoms with E-state index in [2.05, 4.69) is 30.9 Å². The minimum Gasteiger partial charge on any atom is -0.481 e. The number of methoxy groups -OCH3 is 1. The van der Waals surface area contributed by atoms with Crippen LogP contribution < -0.4 is 20.7 Å². The molecule has 1 aliphatic rings. The molecule has 1 aromatic carbocycles. The molecule has 0 bridgehead atoms. The first-order valence-electron chi connectivity index (χ1n) is 12.2. The number of anilines is 5. The number of aromatic nitrogens is 3. The van der Waals surface area contributed by atoms with Crippen molar-refractivity contribution >= 4 is 34.7 Å². The molecule has 2 heterocycles. The van der Waals surface area contributed by atoms with E-state index in [-0.39, 0.29) is 23.2 Å². The van der Waals surface area contributed by atoms with Crippen LogP contribution >= 0.6 is 0 Å². The number of amides is 1. The number of carbonyl (C=O) groups is 1. The molecule has 13 heteroatoms. The molecule has 1 saturated carbocycles. The van der Waals surface area contributed by atoms with Crippen molar-refractivity contribution in [1.29, 1.82) is 0 Å². The first-order valence-corrected chi connectivity index (χ1v) is 12.2. The number of alkyl halides is 3. The SMILES string of the molecule is C1CCC1.COc1cc(Nc2ncc(C(F)(F)F)c(Nc3ccc(C)cc3NC(=O)[C@@H](O)CO)n2)c(C)cn1. The molecular weight excluding hydrogens is 517 g/mol. The molecule has 4 rings (SSSR count). The number of ether oxygens (including phenoxy) is 1. The van der Waals surface area contributed by atoms with Crippen LogP contribution in [0.2, 0.25) is 0 Å². The van der Waals surface area contributed by atoms with E-state index in [1.165, 1.54) is 51.1 Å². The monoisotopic (exact) mass is 548 g/mol. The predicted octanol–water partition coefficient (Wildman–Crippen LogP) is 4.86. The molecule has 3 aromatic rings. The lowest BCUT2D eigenvalue weighted by atomic mass is 10.0. The predicted molar refractivity (Wildman–Crippen MR) is 140 cm³/mol. The summed E-state index contributed by atoms with van der Waals surface area (Å²) in [6.45, 7) is 2.62. The van der Waals surface area contributed by atoms with Crippen molar-refractivity contribution in [2.24, 2.45) is 0 Å². The quantitative estimate of drug-likeness (QED) is 0.267. The minimum atomic E-state index is -4.78. The number of hydrogen-bond acceptors (Lipinski definition) is 9. The van der Waals surface area contributed by atoms with Crippen molar-refractivity contribution in [2.45, 2.75) is 51.8 Å². The van der Waals surface area contributed by atoms with Gasteiger partial charge in [0.2, 0.25) is 11.8 Å². The van der Waals surface area contributed by atoms with Gasteiger partial charge in [-0.3, -0.25) is 4.79 Å². The number of carbonyl (C=O) groups excluding carboxylic acids is 1. The third-order valence-corrected chi connectivity index (χ3v) is 5.79. The summed E-state index contributed by atoms with van der Waals surface area (Å²) in [5.41, 5.74) is 0.857. The molecule has 210 valence electrons. The first-order chi connectivity index (χ1) is 18.5. The molecule has 1 fully saturated rings. The van der Waals surface area contributed by atoms with E-state index in [1.54, 1.807) is 26.0 Å². The maximum absolute atomic E-state index is 13.7. The zero-order chi connectivity index (χ0) is 28.6. The highest BCUT2D eigenvalue weighted by atomic mass is 19.4. The highest BCUT2D eigenvalue weighted by molar-refractivity contribution is 5.97. The van der Waals surface area contributed by atoms with E-state index >= 15 is 0 Å². The minimum absolute atomic E-state index is 0.0750. The van der Waals surface area contributed by atoms with Crippen LogP contribution in [0.3, 0.4) is 0 Å². The summed E-state index contributed by atoms with van der Waals surface area (Å²) in [7, 11) is 1.43. The van der Waals surface area contributed by atoms with Crippen molar-refractivity contribution in [2.75, 3.05) is 29.7 Å². The van der Waals surface area contributed by atoms with Gasteiger partial charge in [-0.15, -0.1) is 0 Å². The Balaban J connectivity index is 0.000000960. The summed E-state index contributed by atoms with van der Waals surface area (Å²) < 4.78 is 46.2. The van der Waals surface area contributed by atoms with Gasteiger partial charge in [0.25, 0.3) is 5.91 Å². The smallest absolute Gasteiger partial charge is 0.421 e. The summed E-state index contributed by atoms with van der Waals surface area (Å²) in [6.07, 6.45) is 1.67. The van der Waals surface area contributed by atoms with Crippen LogP contribution in [0.1, 0.15) is 42.4 Å². The number of pyridine rings is 1. The topological polar surface area (TPSA) is 142 Å². The molecule has 39 heavy (non-hydrogen) atoms. The summed E-state index contributed by atoms with van der Waals surface area (Å²) >= 11 is 0. The van der Waals surface area contributed by atoms with Gasteiger partial charge in [-0.05, 0) is 37.1 Å². The number of nitrogens with one attached hydrogen (secondary N) is 3. The lowest BCUT2D eigenvalue weighted by Crippen LogP contribution is -2.30. The average molecular weight is 549 g/mol. The second kappa shape index (κ2) is 13.2. The Morgan fingerprint density at radius 2 is 1.72 bits per heavy atom. The molecule has 0 aliphatic heterocycles. The molecule has 0 unspecified atom stereocenters. The van der Waals surface area contributed by atoms with Crippen LogP contribution in [0.15, 0.2) is 36.7 Å². The molecule has 0 saturated heterocycles. The summed E-state index contributed by atoms with van der Waals surface area (Å²) in [5.74, 6) is -1.35. The number of aliphatic hydroxyl groups is 2. The van der Waals surface area contributed by atoms with Crippen LogP contribution in [0.4, 0.5) is 42.0 Å². The summed E-state index contributed by atoms with van der Waals surface area (Å²) in [4.78, 5) is 23.9. The van der Waals surface area contributed by atoms with Crippen LogP contribution in [0.25, 0.3) is 0 Å². The number of aryl methyl sites for hydroxylation is 2. The lowest BCUT2D eigenvalue weighted by molar-refractivity contribution is -0.137. The summed E-state index contributed by atoms with van der Waals surface area (Å²) in [6, 6.07) is 6.10. The fraction of sp³-hybridized carbons (Fsp3) is 0.385. The van der Waals surface area contributed by atoms with Gasteiger partial charge in [0.1, 0.15) is 11.4 Å². The average Bonchev–Trinajstić information content (AvgIpc) is 2.85. The largest absolute Gasteiger partial charge is 0.481 e. The van der Waals surface area contributed by atoms with Crippen LogP contribution in [-0.2, 0) is 11.0 Å². The Kier molecular flexibility index (Phi) is 10.0. The third kappa shape index (κ3) is 8.26. The van der Waals surface area contributed by atoms with Gasteiger partial charge in [-0.2, -0.15) is 18.2 Å². The number of halogens is 3. The van der Waals surface area contributed by atoms with E-state index < -0.39 is 36.2 Å². The number of benzene rings is 1. The fourth-order valence-electron chi connectivity index (χ4n) is 3.16. The van der Waals surface area contributed by atoms with Gasteiger partial charge in [-0.1, -0.05) is 31.7 Å². The van der Waals surface area contributed by atoms with Gasteiger partial charge in [0, 0.05) is 18.5 Å². The van der Waals surface area contributed by atoms with Gasteiger partial charge >= 0.3 is 6.18 Å². The Morgan fingerprint density at radius 1 is 1.03 bits per heavy atom. The van der Waals surface area contributed by atoms with Gasteiger partial charge < -0.3 is 30.9 Å². The molecule has 10 nitrogen and oxygen atoms in total. The number of hydrogen-bond donors (Lipinski definition) is 5. The standard InChI is InChI=1S/C22H23F3N6O4.C4H8/c1-11-4-5-14(16(6-11)29-20(34)17(33)10-32)28-19-13(22(23,24)25)9-27-21(31-19)30-15-7-18(35-3)26-8-12(15)2;1-2-4-3-1/h4-9,17,32-33H,10H2,1-3H3,(H,29,34)(H2,26,27,28,30,31);1-4H2/t17-;/m0./s1. The van der Waals surface area contributed by atoms with E-state index in [9.17, 15) is 23.1 Å². The molecule has 0 radical (unpaired) electrons. The van der Waals surface area contributed by atoms with Crippen molar-refractivity contribution in [1.82, 2.24) is 15.0 Å². The Morgan fingerprint density at radius 3 is 2.31 bits per heavy atom. The second-order valence-corrected chi connectivity index (χ2v) is 8.90. The van der Waals surface area contributed by atoms with E-state index in [1.807, 2.05) is 0 Å². The maximum Gasteiger partial charge on any atom is 0.421 e. The van der Waals surface area contributed by atoms with Crippen molar-refractivity contribution in [3.8, 4) is 5.88 Å². The molecule has 1 aliphatic carbocycles. The Labute approximate surface area is 223 Å². The molecule has 5 N–H and O–H groups in total. The Hall–Kier alpha value is -3.97. The number of rotatable bonds is 8. The molecule has 1 atom stereocenters.